The monoisotopic (exact) mass is 244 g/mol. The van der Waals surface area contributed by atoms with Crippen molar-refractivity contribution in [1.29, 1.82) is 0 Å². The van der Waals surface area contributed by atoms with Gasteiger partial charge in [-0.25, -0.2) is 0 Å². The molecule has 0 aromatic rings. The Morgan fingerprint density at radius 1 is 1.14 bits per heavy atom. The fraction of sp³-hybridized carbons (Fsp3) is 0. The Morgan fingerprint density at radius 3 is 1.14 bits per heavy atom. The van der Waals surface area contributed by atoms with E-state index >= 15 is 0 Å². The molecule has 0 aromatic heterocycles. The molecule has 7 heavy (non-hydrogen) atoms. The minimum absolute atomic E-state index is 1.53. The fourth-order valence-electron chi connectivity index (χ4n) is 0. The molecule has 0 radical (unpaired) electrons. The molecule has 3 N–H and O–H groups in total. The van der Waals surface area contributed by atoms with Gasteiger partial charge in [0.25, 0.3) is 0 Å². The zero-order chi connectivity index (χ0) is 6.50. The molecular formula is H3MoO3PS2. The summed E-state index contributed by atoms with van der Waals surface area (Å²) in [6, 6.07) is 0. The van der Waals surface area contributed by atoms with Gasteiger partial charge in [-0.3, -0.25) is 0 Å². The predicted molar refractivity (Wildman–Crippen MR) is 28.5 cm³/mol. The van der Waals surface area contributed by atoms with E-state index in [0.29, 0.717) is 0 Å². The summed E-state index contributed by atoms with van der Waals surface area (Å²) >= 11 is 5.14. The predicted octanol–water partition coefficient (Wildman–Crippen LogP) is -0.166. The van der Waals surface area contributed by atoms with Crippen molar-refractivity contribution in [1.82, 2.24) is 0 Å². The average Bonchev–Trinajstić information content (AvgIpc) is 1.36. The van der Waals surface area contributed by atoms with Crippen LogP contribution in [0.4, 0.5) is 0 Å². The van der Waals surface area contributed by atoms with E-state index < -0.39 is 6.72 Å². The molecule has 7 heteroatoms. The SMILES string of the molecule is OP(O)(O)=S.[S]=[Mo]. The van der Waals surface area contributed by atoms with E-state index in [1.807, 2.05) is 0 Å². The third-order valence-electron chi connectivity index (χ3n) is 0. The maximum absolute atomic E-state index is 7.56. The number of hydrogen-bond acceptors (Lipinski definition) is 2. The Morgan fingerprint density at radius 2 is 1.14 bits per heavy atom. The summed E-state index contributed by atoms with van der Waals surface area (Å²) in [6.45, 7) is -3.81. The second kappa shape index (κ2) is 5.57. The van der Waals surface area contributed by atoms with E-state index in [2.05, 4.69) is 21.6 Å². The minimum atomic E-state index is -3.81. The van der Waals surface area contributed by atoms with Gasteiger partial charge in [0.05, 0.1) is 0 Å². The molecule has 0 spiro atoms. The van der Waals surface area contributed by atoms with Crippen LogP contribution in [0.1, 0.15) is 0 Å². The van der Waals surface area contributed by atoms with Gasteiger partial charge < -0.3 is 14.7 Å². The van der Waals surface area contributed by atoms with Crippen molar-refractivity contribution in [2.24, 2.45) is 0 Å². The quantitative estimate of drug-likeness (QED) is 0.407. The zero-order valence-corrected chi connectivity index (χ0v) is 7.55. The first-order chi connectivity index (χ1) is 3.00. The van der Waals surface area contributed by atoms with Crippen molar-refractivity contribution >= 4 is 28.3 Å². The van der Waals surface area contributed by atoms with Crippen molar-refractivity contribution in [2.75, 3.05) is 0 Å². The molecule has 0 bridgehead atoms. The van der Waals surface area contributed by atoms with Gasteiger partial charge in [0, 0.05) is 0 Å². The molecule has 0 amide bonds. The normalized spacial score (nSPS) is 9.00. The van der Waals surface area contributed by atoms with Crippen LogP contribution in [-0.2, 0) is 29.8 Å². The topological polar surface area (TPSA) is 60.7 Å². The van der Waals surface area contributed by atoms with Crippen molar-refractivity contribution in [2.45, 2.75) is 0 Å². The van der Waals surface area contributed by atoms with Gasteiger partial charge in [-0.2, -0.15) is 0 Å². The van der Waals surface area contributed by atoms with Crippen molar-refractivity contribution in [3.63, 3.8) is 0 Å². The van der Waals surface area contributed by atoms with Crippen molar-refractivity contribution in [3.8, 4) is 0 Å². The molecule has 0 aliphatic heterocycles. The Labute approximate surface area is 61.0 Å². The van der Waals surface area contributed by atoms with Gasteiger partial charge in [-0.15, -0.1) is 0 Å². The van der Waals surface area contributed by atoms with Crippen molar-refractivity contribution < 1.29 is 32.7 Å². The fourth-order valence-corrected chi connectivity index (χ4v) is 0. The van der Waals surface area contributed by atoms with Gasteiger partial charge in [-0.1, -0.05) is 0 Å². The number of rotatable bonds is 0. The molecule has 44 valence electrons. The van der Waals surface area contributed by atoms with Crippen LogP contribution in [0.25, 0.3) is 0 Å². The van der Waals surface area contributed by atoms with Crippen LogP contribution in [0.3, 0.4) is 0 Å². The molecule has 0 saturated heterocycles. The van der Waals surface area contributed by atoms with Gasteiger partial charge in [0.15, 0.2) is 0 Å². The van der Waals surface area contributed by atoms with E-state index in [1.165, 1.54) is 18.0 Å². The molecule has 0 heterocycles. The van der Waals surface area contributed by atoms with E-state index in [-0.39, 0.29) is 0 Å². The Balaban J connectivity index is 0. The second-order valence-corrected chi connectivity index (χ2v) is 3.01. The van der Waals surface area contributed by atoms with E-state index in [9.17, 15) is 0 Å². The molecule has 0 unspecified atom stereocenters. The van der Waals surface area contributed by atoms with E-state index in [0.717, 1.165) is 0 Å². The van der Waals surface area contributed by atoms with E-state index in [4.69, 9.17) is 14.7 Å². The van der Waals surface area contributed by atoms with Crippen LogP contribution in [0.15, 0.2) is 0 Å². The van der Waals surface area contributed by atoms with Gasteiger partial charge in [-0.05, 0) is 11.8 Å². The molecule has 0 fully saturated rings. The van der Waals surface area contributed by atoms with Crippen LogP contribution in [-0.4, -0.2) is 14.7 Å². The van der Waals surface area contributed by atoms with E-state index in [1.54, 1.807) is 0 Å². The molecule has 0 saturated carbocycles. The zero-order valence-electron chi connectivity index (χ0n) is 3.01. The van der Waals surface area contributed by atoms with Crippen LogP contribution in [0.5, 0.6) is 0 Å². The van der Waals surface area contributed by atoms with Crippen LogP contribution in [0.2, 0.25) is 0 Å². The summed E-state index contributed by atoms with van der Waals surface area (Å²) in [6.07, 6.45) is 0. The third-order valence-corrected chi connectivity index (χ3v) is 0. The van der Waals surface area contributed by atoms with Gasteiger partial charge >= 0.3 is 34.5 Å². The molecular weight excluding hydrogens is 239 g/mol. The van der Waals surface area contributed by atoms with Crippen LogP contribution >= 0.6 is 16.5 Å². The first-order valence-corrected chi connectivity index (χ1v) is 6.40. The summed E-state index contributed by atoms with van der Waals surface area (Å²) in [5, 5.41) is 0. The molecule has 3 nitrogen and oxygen atoms in total. The molecule has 0 rings (SSSR count). The van der Waals surface area contributed by atoms with Crippen LogP contribution in [0, 0.1) is 0 Å². The Kier molecular flexibility index (Phi) is 8.97. The third kappa shape index (κ3) is 106. The second-order valence-electron chi connectivity index (χ2n) is 0.513. The molecule has 0 aromatic carbocycles. The van der Waals surface area contributed by atoms with Crippen molar-refractivity contribution in [3.05, 3.63) is 0 Å². The molecule has 0 atom stereocenters. The average molecular weight is 242 g/mol. The van der Waals surface area contributed by atoms with Gasteiger partial charge in [0.1, 0.15) is 0 Å². The Hall–Kier alpha value is 1.44. The first-order valence-electron chi connectivity index (χ1n) is 0.949. The first kappa shape index (κ1) is 11.3. The Bertz CT molecular complexity index is 68.7. The van der Waals surface area contributed by atoms with Gasteiger partial charge in [0.2, 0.25) is 0 Å². The maximum atomic E-state index is 7.56. The number of hydrogen-bond donors (Lipinski definition) is 3. The standard InChI is InChI=1S/Mo.H3O3PS.S/c;1-4(2,3)5;/h;(H3,1,2,3,5);. The summed E-state index contributed by atoms with van der Waals surface area (Å²) in [5.41, 5.74) is 0. The summed E-state index contributed by atoms with van der Waals surface area (Å²) < 4.78 is 0. The molecule has 0 aliphatic rings. The molecule has 0 aliphatic carbocycles. The summed E-state index contributed by atoms with van der Waals surface area (Å²) in [5.74, 6) is 0. The summed E-state index contributed by atoms with van der Waals surface area (Å²) in [7, 11) is 4.09. The summed E-state index contributed by atoms with van der Waals surface area (Å²) in [4.78, 5) is 22.7. The van der Waals surface area contributed by atoms with Crippen LogP contribution < -0.4 is 0 Å².